The fourth-order valence-corrected chi connectivity index (χ4v) is 4.69. The van der Waals surface area contributed by atoms with Gasteiger partial charge in [0, 0.05) is 77.6 Å². The molecular formula is C28H45N5O11. The predicted octanol–water partition coefficient (Wildman–Crippen LogP) is -1.02. The molecule has 4 N–H and O–H groups in total. The van der Waals surface area contributed by atoms with Crippen molar-refractivity contribution in [3.63, 3.8) is 0 Å². The molecule has 248 valence electrons. The SMILES string of the molecule is CCOCCOCCOc1ccc(C[C@H](C(=O)O)N2CCN(CC(=O)O)CCN(CC(=O)O)CCN(CC(=O)O)CC2)cn1. The van der Waals surface area contributed by atoms with Crippen molar-refractivity contribution in [2.24, 2.45) is 0 Å². The van der Waals surface area contributed by atoms with Gasteiger partial charge in [0.2, 0.25) is 5.88 Å². The van der Waals surface area contributed by atoms with Crippen LogP contribution in [0.1, 0.15) is 12.5 Å². The van der Waals surface area contributed by atoms with Crippen LogP contribution in [0.4, 0.5) is 0 Å². The number of carboxylic acid groups (broad SMARTS) is 4. The van der Waals surface area contributed by atoms with Gasteiger partial charge in [0.1, 0.15) is 12.6 Å². The summed E-state index contributed by atoms with van der Waals surface area (Å²) in [5.74, 6) is -3.86. The summed E-state index contributed by atoms with van der Waals surface area (Å²) in [5, 5.41) is 38.4. The van der Waals surface area contributed by atoms with E-state index in [0.717, 1.165) is 0 Å². The summed E-state index contributed by atoms with van der Waals surface area (Å²) in [7, 11) is 0. The summed E-state index contributed by atoms with van der Waals surface area (Å²) in [4.78, 5) is 57.8. The second-order valence-corrected chi connectivity index (χ2v) is 10.3. The first-order chi connectivity index (χ1) is 21.1. The van der Waals surface area contributed by atoms with Crippen LogP contribution in [0.25, 0.3) is 0 Å². The molecule has 0 bridgehead atoms. The molecule has 1 atom stereocenters. The number of carboxylic acids is 4. The predicted molar refractivity (Wildman–Crippen MR) is 156 cm³/mol. The van der Waals surface area contributed by atoms with Gasteiger partial charge < -0.3 is 34.6 Å². The molecular weight excluding hydrogens is 582 g/mol. The van der Waals surface area contributed by atoms with Crippen molar-refractivity contribution >= 4 is 23.9 Å². The third-order valence-electron chi connectivity index (χ3n) is 6.95. The molecule has 1 aliphatic heterocycles. The first-order valence-corrected chi connectivity index (χ1v) is 14.6. The molecule has 1 saturated heterocycles. The zero-order valence-electron chi connectivity index (χ0n) is 25.2. The number of nitrogens with zero attached hydrogens (tertiary/aromatic N) is 5. The number of rotatable bonds is 18. The van der Waals surface area contributed by atoms with E-state index in [-0.39, 0.29) is 85.0 Å². The number of pyridine rings is 1. The van der Waals surface area contributed by atoms with E-state index < -0.39 is 29.9 Å². The van der Waals surface area contributed by atoms with Crippen LogP contribution < -0.4 is 4.74 Å². The fraction of sp³-hybridized carbons (Fsp3) is 0.679. The molecule has 1 fully saturated rings. The maximum Gasteiger partial charge on any atom is 0.321 e. The summed E-state index contributed by atoms with van der Waals surface area (Å²) in [5.41, 5.74) is 0.651. The number of hydrogen-bond donors (Lipinski definition) is 4. The maximum atomic E-state index is 12.5. The van der Waals surface area contributed by atoms with Gasteiger partial charge in [-0.25, -0.2) is 4.98 Å². The average Bonchev–Trinajstić information content (AvgIpc) is 2.95. The molecule has 0 unspecified atom stereocenters. The molecule has 1 aromatic heterocycles. The summed E-state index contributed by atoms with van der Waals surface area (Å²) < 4.78 is 16.2. The van der Waals surface area contributed by atoms with Gasteiger partial charge in [-0.15, -0.1) is 0 Å². The Labute approximate surface area is 256 Å². The van der Waals surface area contributed by atoms with Crippen molar-refractivity contribution < 1.29 is 53.8 Å². The van der Waals surface area contributed by atoms with E-state index in [1.807, 2.05) is 6.92 Å². The highest BCUT2D eigenvalue weighted by molar-refractivity contribution is 5.74. The first kappa shape index (κ1) is 36.8. The largest absolute Gasteiger partial charge is 0.480 e. The van der Waals surface area contributed by atoms with E-state index in [4.69, 9.17) is 14.2 Å². The number of aromatic nitrogens is 1. The Morgan fingerprint density at radius 1 is 0.727 bits per heavy atom. The Balaban J connectivity index is 2.13. The smallest absolute Gasteiger partial charge is 0.321 e. The molecule has 16 heteroatoms. The Morgan fingerprint density at radius 2 is 1.20 bits per heavy atom. The molecule has 44 heavy (non-hydrogen) atoms. The van der Waals surface area contributed by atoms with Crippen LogP contribution in [-0.4, -0.2) is 180 Å². The van der Waals surface area contributed by atoms with Gasteiger partial charge in [-0.05, 0) is 12.5 Å². The summed E-state index contributed by atoms with van der Waals surface area (Å²) in [6.45, 7) is 5.11. The zero-order valence-corrected chi connectivity index (χ0v) is 25.2. The standard InChI is InChI=1S/C28H45N5O11/c1-2-42-13-14-43-15-16-44-24-4-3-22(18-29-24)17-23(28(40)41)33-11-9-31(20-26(36)37)7-5-30(19-25(34)35)6-8-32(10-12-33)21-27(38)39/h3-4,18,23H,2,5-17,19-21H2,1H3,(H,34,35)(H,36,37)(H,38,39)(H,40,41)/t23-/m1/s1. The van der Waals surface area contributed by atoms with Crippen LogP contribution in [0.15, 0.2) is 18.3 Å². The number of aliphatic carboxylic acids is 4. The van der Waals surface area contributed by atoms with Gasteiger partial charge in [0.25, 0.3) is 0 Å². The molecule has 0 amide bonds. The molecule has 1 aliphatic rings. The minimum absolute atomic E-state index is 0.105. The van der Waals surface area contributed by atoms with E-state index >= 15 is 0 Å². The van der Waals surface area contributed by atoms with E-state index in [9.17, 15) is 39.6 Å². The molecule has 0 saturated carbocycles. The van der Waals surface area contributed by atoms with Gasteiger partial charge >= 0.3 is 23.9 Å². The van der Waals surface area contributed by atoms with Crippen LogP contribution in [0.5, 0.6) is 5.88 Å². The lowest BCUT2D eigenvalue weighted by molar-refractivity contribution is -0.144. The van der Waals surface area contributed by atoms with Crippen LogP contribution in [0.3, 0.4) is 0 Å². The highest BCUT2D eigenvalue weighted by Crippen LogP contribution is 2.14. The second-order valence-electron chi connectivity index (χ2n) is 10.3. The van der Waals surface area contributed by atoms with Crippen molar-refractivity contribution in [2.75, 3.05) is 105 Å². The third kappa shape index (κ3) is 15.4. The van der Waals surface area contributed by atoms with Gasteiger partial charge in [0.05, 0.1) is 39.5 Å². The van der Waals surface area contributed by atoms with Crippen molar-refractivity contribution in [1.82, 2.24) is 24.6 Å². The molecule has 0 aliphatic carbocycles. The Morgan fingerprint density at radius 3 is 1.64 bits per heavy atom. The normalized spacial score (nSPS) is 17.3. The van der Waals surface area contributed by atoms with Crippen molar-refractivity contribution in [3.05, 3.63) is 23.9 Å². The van der Waals surface area contributed by atoms with E-state index in [1.54, 1.807) is 37.9 Å². The summed E-state index contributed by atoms with van der Waals surface area (Å²) >= 11 is 0. The quantitative estimate of drug-likeness (QED) is 0.144. The molecule has 0 radical (unpaired) electrons. The van der Waals surface area contributed by atoms with Crippen LogP contribution in [0.2, 0.25) is 0 Å². The topological polar surface area (TPSA) is 203 Å². The lowest BCUT2D eigenvalue weighted by atomic mass is 10.1. The molecule has 0 spiro atoms. The second kappa shape index (κ2) is 20.5. The molecule has 1 aromatic rings. The number of carbonyl (C=O) groups is 4. The van der Waals surface area contributed by atoms with E-state index in [0.29, 0.717) is 37.9 Å². The average molecular weight is 628 g/mol. The highest BCUT2D eigenvalue weighted by atomic mass is 16.5. The number of ether oxygens (including phenoxy) is 3. The van der Waals surface area contributed by atoms with Crippen LogP contribution in [0, 0.1) is 0 Å². The minimum Gasteiger partial charge on any atom is -0.480 e. The fourth-order valence-electron chi connectivity index (χ4n) is 4.69. The minimum atomic E-state index is -1.08. The van der Waals surface area contributed by atoms with Crippen molar-refractivity contribution in [1.29, 1.82) is 0 Å². The highest BCUT2D eigenvalue weighted by Gasteiger charge is 2.28. The number of hydrogen-bond acceptors (Lipinski definition) is 12. The van der Waals surface area contributed by atoms with Crippen molar-refractivity contribution in [2.45, 2.75) is 19.4 Å². The van der Waals surface area contributed by atoms with E-state index in [1.165, 1.54) is 0 Å². The van der Waals surface area contributed by atoms with E-state index in [2.05, 4.69) is 4.98 Å². The van der Waals surface area contributed by atoms with Crippen molar-refractivity contribution in [3.8, 4) is 5.88 Å². The molecule has 2 heterocycles. The molecule has 2 rings (SSSR count). The van der Waals surface area contributed by atoms with Gasteiger partial charge in [-0.2, -0.15) is 0 Å². The molecule has 16 nitrogen and oxygen atoms in total. The Hall–Kier alpha value is -3.41. The summed E-state index contributed by atoms with van der Waals surface area (Å²) in [6.07, 6.45) is 1.65. The van der Waals surface area contributed by atoms with Gasteiger partial charge in [0.15, 0.2) is 0 Å². The molecule has 0 aromatic carbocycles. The lowest BCUT2D eigenvalue weighted by Gasteiger charge is -2.35. The zero-order chi connectivity index (χ0) is 32.3. The third-order valence-corrected chi connectivity index (χ3v) is 6.95. The van der Waals surface area contributed by atoms with Gasteiger partial charge in [-0.3, -0.25) is 38.8 Å². The van der Waals surface area contributed by atoms with Crippen LogP contribution in [-0.2, 0) is 35.1 Å². The Kier molecular flexibility index (Phi) is 17.2. The first-order valence-electron chi connectivity index (χ1n) is 14.6. The summed E-state index contributed by atoms with van der Waals surface area (Å²) in [6, 6.07) is 2.39. The van der Waals surface area contributed by atoms with Gasteiger partial charge in [-0.1, -0.05) is 6.07 Å². The Bertz CT molecular complexity index is 998. The maximum absolute atomic E-state index is 12.5. The lowest BCUT2D eigenvalue weighted by Crippen LogP contribution is -2.52. The van der Waals surface area contributed by atoms with Crippen LogP contribution >= 0.6 is 0 Å². The monoisotopic (exact) mass is 627 g/mol.